The van der Waals surface area contributed by atoms with E-state index in [1.165, 1.54) is 16.5 Å². The van der Waals surface area contributed by atoms with Crippen molar-refractivity contribution in [3.05, 3.63) is 42.5 Å². The van der Waals surface area contributed by atoms with Gasteiger partial charge < -0.3 is 20.0 Å². The topological polar surface area (TPSA) is 38.8 Å². The van der Waals surface area contributed by atoms with Gasteiger partial charge in [0.05, 0.1) is 0 Å². The van der Waals surface area contributed by atoms with Crippen molar-refractivity contribution in [3.8, 4) is 0 Å². The number of hydrogen-bond donors (Lipinski definition) is 1. The van der Waals surface area contributed by atoms with Crippen LogP contribution in [0.1, 0.15) is 13.3 Å². The number of carbonyl (C=O) groups excluding carboxylic acids is 1. The second-order valence-corrected chi connectivity index (χ2v) is 7.30. The second kappa shape index (κ2) is 7.54. The summed E-state index contributed by atoms with van der Waals surface area (Å²) in [6, 6.07) is 15.4. The molecule has 2 aromatic rings. The van der Waals surface area contributed by atoms with Crippen LogP contribution >= 0.6 is 0 Å². The van der Waals surface area contributed by atoms with E-state index in [4.69, 9.17) is 0 Å². The molecular weight excluding hydrogens is 324 g/mol. The predicted molar refractivity (Wildman–Crippen MR) is 107 cm³/mol. The van der Waals surface area contributed by atoms with Gasteiger partial charge >= 0.3 is 6.03 Å². The summed E-state index contributed by atoms with van der Waals surface area (Å²) in [5.41, 5.74) is 1.28. The molecule has 0 unspecified atom stereocenters. The molecule has 1 N–H and O–H groups in total. The van der Waals surface area contributed by atoms with E-state index >= 15 is 0 Å². The molecule has 2 fully saturated rings. The summed E-state index contributed by atoms with van der Waals surface area (Å²) in [5.74, 6) is 0. The molecule has 5 nitrogen and oxygen atoms in total. The Kier molecular flexibility index (Phi) is 4.98. The van der Waals surface area contributed by atoms with Gasteiger partial charge in [-0.1, -0.05) is 43.3 Å². The first-order valence-electron chi connectivity index (χ1n) is 9.75. The Morgan fingerprint density at radius 1 is 1.04 bits per heavy atom. The van der Waals surface area contributed by atoms with Crippen molar-refractivity contribution in [2.45, 2.75) is 19.4 Å². The van der Waals surface area contributed by atoms with E-state index in [-0.39, 0.29) is 6.03 Å². The van der Waals surface area contributed by atoms with Crippen LogP contribution in [0.5, 0.6) is 0 Å². The number of piperazine rings is 1. The minimum atomic E-state index is 0.102. The Labute approximate surface area is 155 Å². The van der Waals surface area contributed by atoms with Gasteiger partial charge in [-0.3, -0.25) is 0 Å². The zero-order valence-electron chi connectivity index (χ0n) is 15.5. The predicted octanol–water partition coefficient (Wildman–Crippen LogP) is 2.77. The molecule has 0 bridgehead atoms. The van der Waals surface area contributed by atoms with E-state index in [1.807, 2.05) is 4.90 Å². The molecule has 1 atom stereocenters. The largest absolute Gasteiger partial charge is 0.367 e. The molecule has 5 heteroatoms. The Morgan fingerprint density at radius 3 is 2.58 bits per heavy atom. The number of hydrogen-bond acceptors (Lipinski definition) is 3. The van der Waals surface area contributed by atoms with E-state index in [0.29, 0.717) is 6.04 Å². The van der Waals surface area contributed by atoms with Crippen molar-refractivity contribution >= 4 is 22.5 Å². The summed E-state index contributed by atoms with van der Waals surface area (Å²) in [4.78, 5) is 19.3. The van der Waals surface area contributed by atoms with Crippen LogP contribution in [0.4, 0.5) is 10.5 Å². The lowest BCUT2D eigenvalue weighted by molar-refractivity contribution is 0.190. The fourth-order valence-corrected chi connectivity index (χ4v) is 4.14. The minimum absolute atomic E-state index is 0.102. The molecule has 26 heavy (non-hydrogen) atoms. The third-order valence-electron chi connectivity index (χ3n) is 5.72. The van der Waals surface area contributed by atoms with Gasteiger partial charge in [-0.2, -0.15) is 0 Å². The lowest BCUT2D eigenvalue weighted by Gasteiger charge is -2.37. The summed E-state index contributed by atoms with van der Waals surface area (Å²) in [6.07, 6.45) is 1.07. The minimum Gasteiger partial charge on any atom is -0.367 e. The second-order valence-electron chi connectivity index (χ2n) is 7.30. The standard InChI is InChI=1S/C21H28N4O/c1-2-23-11-10-18(16-23)22-21(26)25-14-12-24(13-15-25)20-9-5-7-17-6-3-4-8-19(17)20/h3-9,18H,2,10-16H2,1H3,(H,22,26)/t18-/m1/s1. The molecule has 0 radical (unpaired) electrons. The lowest BCUT2D eigenvalue weighted by atomic mass is 10.1. The number of likely N-dealkylation sites (tertiary alicyclic amines) is 1. The monoisotopic (exact) mass is 352 g/mol. The zero-order chi connectivity index (χ0) is 17.9. The van der Waals surface area contributed by atoms with Crippen molar-refractivity contribution in [2.24, 2.45) is 0 Å². The van der Waals surface area contributed by atoms with E-state index in [0.717, 1.165) is 52.2 Å². The number of nitrogens with one attached hydrogen (secondary N) is 1. The van der Waals surface area contributed by atoms with Gasteiger partial charge in [-0.25, -0.2) is 4.79 Å². The summed E-state index contributed by atoms with van der Waals surface area (Å²) in [5, 5.41) is 5.78. The fourth-order valence-electron chi connectivity index (χ4n) is 4.14. The average Bonchev–Trinajstić information content (AvgIpc) is 3.15. The molecule has 2 amide bonds. The maximum absolute atomic E-state index is 12.6. The number of carbonyl (C=O) groups is 1. The SMILES string of the molecule is CCN1CC[C@@H](NC(=O)N2CCN(c3cccc4ccccc34)CC2)C1. The van der Waals surface area contributed by atoms with E-state index in [1.54, 1.807) is 0 Å². The lowest BCUT2D eigenvalue weighted by Crippen LogP contribution is -2.53. The van der Waals surface area contributed by atoms with E-state index in [9.17, 15) is 4.79 Å². The fraction of sp³-hybridized carbons (Fsp3) is 0.476. The Balaban J connectivity index is 1.36. The molecule has 0 spiro atoms. The van der Waals surface area contributed by atoms with Crippen LogP contribution in [0.3, 0.4) is 0 Å². The Hall–Kier alpha value is -2.27. The highest BCUT2D eigenvalue weighted by atomic mass is 16.2. The molecule has 2 aliphatic heterocycles. The molecule has 2 aliphatic rings. The highest BCUT2D eigenvalue weighted by Gasteiger charge is 2.27. The van der Waals surface area contributed by atoms with Crippen molar-refractivity contribution in [3.63, 3.8) is 0 Å². The molecule has 2 saturated heterocycles. The first-order valence-corrected chi connectivity index (χ1v) is 9.75. The van der Waals surface area contributed by atoms with Crippen LogP contribution in [0.2, 0.25) is 0 Å². The van der Waals surface area contributed by atoms with Gasteiger partial charge in [0.15, 0.2) is 0 Å². The number of anilines is 1. The first kappa shape index (κ1) is 17.2. The van der Waals surface area contributed by atoms with Crippen LogP contribution < -0.4 is 10.2 Å². The Morgan fingerprint density at radius 2 is 1.81 bits per heavy atom. The summed E-state index contributed by atoms with van der Waals surface area (Å²) >= 11 is 0. The number of likely N-dealkylation sites (N-methyl/N-ethyl adjacent to an activating group) is 1. The number of fused-ring (bicyclic) bond motifs is 1. The highest BCUT2D eigenvalue weighted by molar-refractivity contribution is 5.94. The number of amides is 2. The van der Waals surface area contributed by atoms with Gasteiger partial charge in [0.25, 0.3) is 0 Å². The summed E-state index contributed by atoms with van der Waals surface area (Å²) < 4.78 is 0. The average molecular weight is 352 g/mol. The maximum atomic E-state index is 12.6. The van der Waals surface area contributed by atoms with Crippen LogP contribution in [0.15, 0.2) is 42.5 Å². The smallest absolute Gasteiger partial charge is 0.317 e. The van der Waals surface area contributed by atoms with Crippen LogP contribution in [0.25, 0.3) is 10.8 Å². The van der Waals surface area contributed by atoms with E-state index in [2.05, 4.69) is 64.5 Å². The van der Waals surface area contributed by atoms with Gasteiger partial charge in [-0.15, -0.1) is 0 Å². The van der Waals surface area contributed by atoms with Gasteiger partial charge in [0.2, 0.25) is 0 Å². The molecule has 138 valence electrons. The van der Waals surface area contributed by atoms with Crippen LogP contribution in [-0.4, -0.2) is 67.7 Å². The van der Waals surface area contributed by atoms with Gasteiger partial charge in [0, 0.05) is 56.4 Å². The number of nitrogens with zero attached hydrogens (tertiary/aromatic N) is 3. The summed E-state index contributed by atoms with van der Waals surface area (Å²) in [6.45, 7) is 8.64. The van der Waals surface area contributed by atoms with Crippen LogP contribution in [0, 0.1) is 0 Å². The van der Waals surface area contributed by atoms with Crippen molar-refractivity contribution in [1.29, 1.82) is 0 Å². The number of benzene rings is 2. The molecular formula is C21H28N4O. The normalized spacial score (nSPS) is 21.3. The molecule has 2 aromatic carbocycles. The van der Waals surface area contributed by atoms with Crippen molar-refractivity contribution < 1.29 is 4.79 Å². The third kappa shape index (κ3) is 3.49. The third-order valence-corrected chi connectivity index (χ3v) is 5.72. The molecule has 0 saturated carbocycles. The molecule has 0 aliphatic carbocycles. The number of urea groups is 1. The quantitative estimate of drug-likeness (QED) is 0.923. The molecule has 4 rings (SSSR count). The van der Waals surface area contributed by atoms with E-state index < -0.39 is 0 Å². The van der Waals surface area contributed by atoms with Crippen molar-refractivity contribution in [1.82, 2.24) is 15.1 Å². The van der Waals surface area contributed by atoms with Crippen molar-refractivity contribution in [2.75, 3.05) is 50.7 Å². The van der Waals surface area contributed by atoms with Gasteiger partial charge in [-0.05, 0) is 24.4 Å². The maximum Gasteiger partial charge on any atom is 0.317 e. The first-order chi connectivity index (χ1) is 12.7. The highest BCUT2D eigenvalue weighted by Crippen LogP contribution is 2.27. The Bertz CT molecular complexity index is 764. The zero-order valence-corrected chi connectivity index (χ0v) is 15.5. The molecule has 2 heterocycles. The molecule has 0 aromatic heterocycles. The van der Waals surface area contributed by atoms with Gasteiger partial charge in [0.1, 0.15) is 0 Å². The number of rotatable bonds is 3. The summed E-state index contributed by atoms with van der Waals surface area (Å²) in [7, 11) is 0. The van der Waals surface area contributed by atoms with Crippen LogP contribution in [-0.2, 0) is 0 Å².